The number of primary amides is 1. The highest BCUT2D eigenvalue weighted by molar-refractivity contribution is 5.89. The zero-order valence-electron chi connectivity index (χ0n) is 15.8. The predicted octanol–water partition coefficient (Wildman–Crippen LogP) is 1.32. The second-order valence-corrected chi connectivity index (χ2v) is 8.15. The number of carbonyl (C=O) groups excluding carboxylic acids is 1. The molecule has 1 amide bonds. The first-order chi connectivity index (χ1) is 12.5. The maximum Gasteiger partial charge on any atom is 0.286 e. The highest BCUT2D eigenvalue weighted by atomic mass is 16.5. The van der Waals surface area contributed by atoms with Crippen molar-refractivity contribution in [1.29, 1.82) is 0 Å². The minimum atomic E-state index is -0.572. The number of nitrogens with two attached hydrogens (primary N) is 1. The zero-order valence-corrected chi connectivity index (χ0v) is 15.8. The van der Waals surface area contributed by atoms with Gasteiger partial charge in [0.2, 0.25) is 5.82 Å². The van der Waals surface area contributed by atoms with Gasteiger partial charge in [-0.1, -0.05) is 6.42 Å². The molecule has 2 aliphatic heterocycles. The third kappa shape index (κ3) is 3.07. The van der Waals surface area contributed by atoms with Gasteiger partial charge in [0.25, 0.3) is 5.91 Å². The monoisotopic (exact) mass is 359 g/mol. The van der Waals surface area contributed by atoms with Crippen molar-refractivity contribution in [2.75, 3.05) is 31.2 Å². The minimum absolute atomic E-state index is 0.109. The lowest BCUT2D eigenvalue weighted by molar-refractivity contribution is -0.0797. The van der Waals surface area contributed by atoms with Crippen LogP contribution in [0, 0.1) is 19.3 Å². The molecule has 1 aromatic rings. The van der Waals surface area contributed by atoms with Crippen LogP contribution in [0.4, 0.5) is 5.82 Å². The second kappa shape index (κ2) is 6.78. The van der Waals surface area contributed by atoms with Gasteiger partial charge in [-0.2, -0.15) is 0 Å². The molecule has 2 atom stereocenters. The van der Waals surface area contributed by atoms with E-state index in [1.165, 1.54) is 19.3 Å². The summed E-state index contributed by atoms with van der Waals surface area (Å²) in [6.45, 7) is 7.53. The first-order valence-corrected chi connectivity index (χ1v) is 9.72. The van der Waals surface area contributed by atoms with Gasteiger partial charge >= 0.3 is 0 Å². The van der Waals surface area contributed by atoms with Gasteiger partial charge in [0.15, 0.2) is 0 Å². The zero-order chi connectivity index (χ0) is 18.3. The molecular weight excluding hydrogens is 330 g/mol. The fourth-order valence-electron chi connectivity index (χ4n) is 4.67. The number of aromatic nitrogens is 2. The van der Waals surface area contributed by atoms with Crippen LogP contribution in [0.15, 0.2) is 0 Å². The number of nitrogens with one attached hydrogen (secondary N) is 1. The molecule has 7 nitrogen and oxygen atoms in total. The Hall–Kier alpha value is -1.73. The molecule has 1 aliphatic carbocycles. The standard InChI is InChI=1S/C19H29N5O2/c1-12-13(2)21-17(16(20)25)23-18(12)24-8-4-14(10-24)22-15-5-9-26-11-19(15)6-3-7-19/h14-15,22H,3-11H2,1-2H3,(H2,20,25)/t14-,15?/m1/s1. The van der Waals surface area contributed by atoms with Gasteiger partial charge in [0.1, 0.15) is 5.82 Å². The smallest absolute Gasteiger partial charge is 0.286 e. The van der Waals surface area contributed by atoms with Crippen LogP contribution in [0.1, 0.15) is 54.0 Å². The van der Waals surface area contributed by atoms with Gasteiger partial charge in [-0.3, -0.25) is 4.79 Å². The Balaban J connectivity index is 1.46. The molecule has 0 bridgehead atoms. The van der Waals surface area contributed by atoms with E-state index in [4.69, 9.17) is 10.5 Å². The van der Waals surface area contributed by atoms with E-state index in [9.17, 15) is 4.79 Å². The van der Waals surface area contributed by atoms with Crippen molar-refractivity contribution < 1.29 is 9.53 Å². The van der Waals surface area contributed by atoms with E-state index in [0.29, 0.717) is 17.5 Å². The summed E-state index contributed by atoms with van der Waals surface area (Å²) in [6.07, 6.45) is 6.09. The van der Waals surface area contributed by atoms with Crippen molar-refractivity contribution in [3.05, 3.63) is 17.1 Å². The summed E-state index contributed by atoms with van der Waals surface area (Å²) < 4.78 is 5.77. The number of hydrogen-bond acceptors (Lipinski definition) is 6. The number of ether oxygens (including phenoxy) is 1. The lowest BCUT2D eigenvalue weighted by Crippen LogP contribution is -2.57. The molecule has 1 unspecified atom stereocenters. The summed E-state index contributed by atoms with van der Waals surface area (Å²) in [7, 11) is 0. The van der Waals surface area contributed by atoms with Crippen molar-refractivity contribution in [1.82, 2.24) is 15.3 Å². The molecule has 1 saturated carbocycles. The molecule has 26 heavy (non-hydrogen) atoms. The summed E-state index contributed by atoms with van der Waals surface area (Å²) in [6, 6.07) is 1.01. The maximum atomic E-state index is 11.5. The summed E-state index contributed by atoms with van der Waals surface area (Å²) >= 11 is 0. The molecular formula is C19H29N5O2. The van der Waals surface area contributed by atoms with E-state index < -0.39 is 5.91 Å². The average molecular weight is 359 g/mol. The van der Waals surface area contributed by atoms with Crippen molar-refractivity contribution in [3.8, 4) is 0 Å². The number of amides is 1. The number of hydrogen-bond donors (Lipinski definition) is 2. The summed E-state index contributed by atoms with van der Waals surface area (Å²) in [5, 5.41) is 3.93. The Bertz CT molecular complexity index is 703. The average Bonchev–Trinajstić information content (AvgIpc) is 3.04. The van der Waals surface area contributed by atoms with E-state index in [0.717, 1.165) is 56.2 Å². The molecule has 1 aromatic heterocycles. The molecule has 3 heterocycles. The Morgan fingerprint density at radius 2 is 2.12 bits per heavy atom. The quantitative estimate of drug-likeness (QED) is 0.842. The van der Waals surface area contributed by atoms with Gasteiger partial charge in [0.05, 0.1) is 6.61 Å². The highest BCUT2D eigenvalue weighted by Gasteiger charge is 2.47. The number of rotatable bonds is 4. The number of aryl methyl sites for hydroxylation is 1. The van der Waals surface area contributed by atoms with Crippen LogP contribution < -0.4 is 16.0 Å². The fourth-order valence-corrected chi connectivity index (χ4v) is 4.67. The van der Waals surface area contributed by atoms with Crippen molar-refractivity contribution >= 4 is 11.7 Å². The molecule has 1 spiro atoms. The van der Waals surface area contributed by atoms with E-state index in [1.54, 1.807) is 0 Å². The van der Waals surface area contributed by atoms with Gasteiger partial charge in [-0.25, -0.2) is 9.97 Å². The van der Waals surface area contributed by atoms with Gasteiger partial charge < -0.3 is 20.7 Å². The summed E-state index contributed by atoms with van der Waals surface area (Å²) in [5.41, 5.74) is 7.61. The molecule has 4 rings (SSSR count). The summed E-state index contributed by atoms with van der Waals surface area (Å²) in [5.74, 6) is 0.385. The number of carbonyl (C=O) groups is 1. The van der Waals surface area contributed by atoms with Crippen LogP contribution in [-0.2, 0) is 4.74 Å². The van der Waals surface area contributed by atoms with Crippen LogP contribution in [0.2, 0.25) is 0 Å². The number of nitrogens with zero attached hydrogens (tertiary/aromatic N) is 3. The first-order valence-electron chi connectivity index (χ1n) is 9.72. The van der Waals surface area contributed by atoms with Crippen molar-refractivity contribution in [3.63, 3.8) is 0 Å². The maximum absolute atomic E-state index is 11.5. The van der Waals surface area contributed by atoms with E-state index >= 15 is 0 Å². The molecule has 2 saturated heterocycles. The number of anilines is 1. The first kappa shape index (κ1) is 17.7. The van der Waals surface area contributed by atoms with Crippen molar-refractivity contribution in [2.24, 2.45) is 11.1 Å². The van der Waals surface area contributed by atoms with Crippen LogP contribution in [0.5, 0.6) is 0 Å². The van der Waals surface area contributed by atoms with Crippen LogP contribution >= 0.6 is 0 Å². The van der Waals surface area contributed by atoms with E-state index in [1.807, 2.05) is 13.8 Å². The largest absolute Gasteiger partial charge is 0.381 e. The lowest BCUT2D eigenvalue weighted by atomic mass is 9.63. The molecule has 3 N–H and O–H groups in total. The molecule has 7 heteroatoms. The third-order valence-electron chi connectivity index (χ3n) is 6.54. The topological polar surface area (TPSA) is 93.4 Å². The fraction of sp³-hybridized carbons (Fsp3) is 0.737. The second-order valence-electron chi connectivity index (χ2n) is 8.15. The van der Waals surface area contributed by atoms with Crippen LogP contribution in [0.25, 0.3) is 0 Å². The van der Waals surface area contributed by atoms with Gasteiger partial charge in [-0.15, -0.1) is 0 Å². The Morgan fingerprint density at radius 3 is 2.81 bits per heavy atom. The highest BCUT2D eigenvalue weighted by Crippen LogP contribution is 2.47. The molecule has 0 radical (unpaired) electrons. The van der Waals surface area contributed by atoms with Crippen LogP contribution in [0.3, 0.4) is 0 Å². The predicted molar refractivity (Wildman–Crippen MR) is 99.3 cm³/mol. The molecule has 0 aromatic carbocycles. The Morgan fingerprint density at radius 1 is 1.31 bits per heavy atom. The van der Waals surface area contributed by atoms with Gasteiger partial charge in [-0.05, 0) is 39.5 Å². The molecule has 3 fully saturated rings. The minimum Gasteiger partial charge on any atom is -0.381 e. The molecule has 3 aliphatic rings. The lowest BCUT2D eigenvalue weighted by Gasteiger charge is -2.51. The van der Waals surface area contributed by atoms with E-state index in [-0.39, 0.29) is 5.82 Å². The van der Waals surface area contributed by atoms with Crippen molar-refractivity contribution in [2.45, 2.75) is 58.0 Å². The van der Waals surface area contributed by atoms with Crippen LogP contribution in [-0.4, -0.2) is 54.3 Å². The molecule has 142 valence electrons. The third-order valence-corrected chi connectivity index (χ3v) is 6.54. The van der Waals surface area contributed by atoms with E-state index in [2.05, 4.69) is 20.2 Å². The normalized spacial score (nSPS) is 27.5. The van der Waals surface area contributed by atoms with Gasteiger partial charge in [0, 0.05) is 48.5 Å². The summed E-state index contributed by atoms with van der Waals surface area (Å²) in [4.78, 5) is 22.4. The SMILES string of the molecule is Cc1nc(C(N)=O)nc(N2CC[C@@H](NC3CCOCC34CCC4)C2)c1C. The Labute approximate surface area is 154 Å². The Kier molecular flexibility index (Phi) is 4.61.